The summed E-state index contributed by atoms with van der Waals surface area (Å²) in [5, 5.41) is 6.39. The summed E-state index contributed by atoms with van der Waals surface area (Å²) in [6, 6.07) is 19.6. The van der Waals surface area contributed by atoms with Crippen molar-refractivity contribution in [3.8, 4) is 0 Å². The second-order valence-electron chi connectivity index (χ2n) is 7.03. The molecule has 0 saturated carbocycles. The van der Waals surface area contributed by atoms with Crippen LogP contribution < -0.4 is 11.2 Å². The number of thiophene rings is 1. The number of fused-ring (bicyclic) bond motifs is 3. The second-order valence-corrected chi connectivity index (χ2v) is 8.86. The molecule has 3 aromatic heterocycles. The fourth-order valence-electron chi connectivity index (χ4n) is 3.59. The minimum absolute atomic E-state index is 0.107. The van der Waals surface area contributed by atoms with E-state index in [9.17, 15) is 9.59 Å². The predicted molar refractivity (Wildman–Crippen MR) is 122 cm³/mol. The molecule has 6 nitrogen and oxygen atoms in total. The zero-order chi connectivity index (χ0) is 20.7. The molecule has 0 fully saturated rings. The lowest BCUT2D eigenvalue weighted by atomic mass is 10.1. The Hall–Kier alpha value is -2.97. The van der Waals surface area contributed by atoms with E-state index in [2.05, 4.69) is 21.0 Å². The molecule has 0 aliphatic rings. The maximum Gasteiger partial charge on any atom is 0.352 e. The van der Waals surface area contributed by atoms with Gasteiger partial charge in [-0.05, 0) is 41.1 Å². The number of aryl methyl sites for hydroxylation is 2. The van der Waals surface area contributed by atoms with Crippen LogP contribution in [-0.2, 0) is 19.5 Å². The molecule has 8 heteroatoms. The Labute approximate surface area is 183 Å². The van der Waals surface area contributed by atoms with Crippen LogP contribution in [0.15, 0.2) is 80.1 Å². The molecule has 150 valence electrons. The van der Waals surface area contributed by atoms with Crippen LogP contribution in [0.3, 0.4) is 0 Å². The van der Waals surface area contributed by atoms with Crippen LogP contribution in [0.1, 0.15) is 11.1 Å². The van der Waals surface area contributed by atoms with Crippen molar-refractivity contribution in [3.63, 3.8) is 0 Å². The smallest absolute Gasteiger partial charge is 0.275 e. The molecule has 0 amide bonds. The molecular weight excluding hydrogens is 464 g/mol. The zero-order valence-corrected chi connectivity index (χ0v) is 18.3. The summed E-state index contributed by atoms with van der Waals surface area (Å²) in [4.78, 5) is 26.3. The Balaban J connectivity index is 1.64. The van der Waals surface area contributed by atoms with E-state index in [1.807, 2.05) is 66.0 Å². The highest BCUT2D eigenvalue weighted by Crippen LogP contribution is 2.18. The second kappa shape index (κ2) is 7.70. The van der Waals surface area contributed by atoms with Crippen molar-refractivity contribution in [2.45, 2.75) is 19.5 Å². The quantitative estimate of drug-likeness (QED) is 0.382. The highest BCUT2D eigenvalue weighted by molar-refractivity contribution is 9.10. The molecule has 0 radical (unpaired) electrons. The Morgan fingerprint density at radius 2 is 1.70 bits per heavy atom. The lowest BCUT2D eigenvalue weighted by Crippen LogP contribution is -2.26. The van der Waals surface area contributed by atoms with Crippen molar-refractivity contribution >= 4 is 43.3 Å². The van der Waals surface area contributed by atoms with E-state index in [1.165, 1.54) is 16.0 Å². The van der Waals surface area contributed by atoms with E-state index in [0.717, 1.165) is 15.6 Å². The molecule has 0 aliphatic heterocycles. The van der Waals surface area contributed by atoms with Crippen molar-refractivity contribution in [2.24, 2.45) is 0 Å². The van der Waals surface area contributed by atoms with Gasteiger partial charge in [0.05, 0.1) is 12.1 Å². The van der Waals surface area contributed by atoms with Gasteiger partial charge in [0.1, 0.15) is 4.70 Å². The highest BCUT2D eigenvalue weighted by Gasteiger charge is 2.18. The SMILES string of the molecule is O=c1c2sccc2n2c(=O)n(Cc3ccc(Br)cc3)nc2n1CCc1ccccc1. The van der Waals surface area contributed by atoms with Crippen LogP contribution in [0.2, 0.25) is 0 Å². The van der Waals surface area contributed by atoms with Gasteiger partial charge in [0.2, 0.25) is 5.78 Å². The summed E-state index contributed by atoms with van der Waals surface area (Å²) in [5.41, 5.74) is 2.35. The summed E-state index contributed by atoms with van der Waals surface area (Å²) in [6.07, 6.45) is 0.682. The van der Waals surface area contributed by atoms with E-state index in [0.29, 0.717) is 35.5 Å². The summed E-state index contributed by atoms with van der Waals surface area (Å²) in [6.45, 7) is 0.793. The molecule has 0 atom stereocenters. The van der Waals surface area contributed by atoms with Gasteiger partial charge in [0.25, 0.3) is 5.56 Å². The average molecular weight is 481 g/mol. The summed E-state index contributed by atoms with van der Waals surface area (Å²) in [7, 11) is 0. The van der Waals surface area contributed by atoms with Crippen molar-refractivity contribution < 1.29 is 0 Å². The van der Waals surface area contributed by atoms with E-state index in [1.54, 1.807) is 8.97 Å². The first-order valence-corrected chi connectivity index (χ1v) is 11.2. The van der Waals surface area contributed by atoms with Gasteiger partial charge in [-0.3, -0.25) is 9.36 Å². The Morgan fingerprint density at radius 1 is 0.933 bits per heavy atom. The molecule has 0 saturated heterocycles. The Morgan fingerprint density at radius 3 is 2.47 bits per heavy atom. The van der Waals surface area contributed by atoms with Crippen molar-refractivity contribution in [3.05, 3.63) is 102 Å². The van der Waals surface area contributed by atoms with Crippen molar-refractivity contribution in [2.75, 3.05) is 0 Å². The number of aromatic nitrogens is 4. The normalized spacial score (nSPS) is 11.5. The minimum atomic E-state index is -0.246. The predicted octanol–water partition coefficient (Wildman–Crippen LogP) is 3.93. The van der Waals surface area contributed by atoms with E-state index >= 15 is 0 Å². The first kappa shape index (κ1) is 19.0. The fraction of sp³-hybridized carbons (Fsp3) is 0.136. The van der Waals surface area contributed by atoms with Crippen LogP contribution in [0.25, 0.3) is 16.0 Å². The number of hydrogen-bond donors (Lipinski definition) is 0. The largest absolute Gasteiger partial charge is 0.352 e. The molecule has 30 heavy (non-hydrogen) atoms. The lowest BCUT2D eigenvalue weighted by Gasteiger charge is -2.08. The third kappa shape index (κ3) is 3.32. The molecule has 3 heterocycles. The van der Waals surface area contributed by atoms with Gasteiger partial charge in [-0.2, -0.15) is 0 Å². The third-order valence-corrected chi connectivity index (χ3v) is 6.52. The number of benzene rings is 2. The molecular formula is C22H17BrN4O2S. The van der Waals surface area contributed by atoms with Crippen LogP contribution in [0.4, 0.5) is 0 Å². The summed E-state index contributed by atoms with van der Waals surface area (Å²) < 4.78 is 6.14. The number of hydrogen-bond acceptors (Lipinski definition) is 4. The van der Waals surface area contributed by atoms with Crippen LogP contribution in [-0.4, -0.2) is 18.7 Å². The fourth-order valence-corrected chi connectivity index (χ4v) is 4.68. The molecule has 0 unspecified atom stereocenters. The summed E-state index contributed by atoms with van der Waals surface area (Å²) >= 11 is 4.78. The third-order valence-electron chi connectivity index (χ3n) is 5.10. The first-order valence-electron chi connectivity index (χ1n) is 9.50. The number of nitrogens with zero attached hydrogens (tertiary/aromatic N) is 4. The minimum Gasteiger partial charge on any atom is -0.275 e. The van der Waals surface area contributed by atoms with Gasteiger partial charge in [0, 0.05) is 11.0 Å². The maximum absolute atomic E-state index is 13.2. The average Bonchev–Trinajstić information content (AvgIpc) is 3.36. The van der Waals surface area contributed by atoms with Gasteiger partial charge in [-0.25, -0.2) is 13.9 Å². The zero-order valence-electron chi connectivity index (χ0n) is 15.9. The molecule has 0 aliphatic carbocycles. The standard InChI is InChI=1S/C22H17BrN4O2S/c23-17-8-6-16(7-9-17)14-26-22(29)27-18-11-13-30-19(18)20(28)25(21(27)24-26)12-10-15-4-2-1-3-5-15/h1-9,11,13H,10,12,14H2. The van der Waals surface area contributed by atoms with Gasteiger partial charge in [-0.1, -0.05) is 58.4 Å². The van der Waals surface area contributed by atoms with E-state index < -0.39 is 0 Å². The Bertz CT molecular complexity index is 1460. The number of rotatable bonds is 5. The highest BCUT2D eigenvalue weighted by atomic mass is 79.9. The molecule has 0 N–H and O–H groups in total. The van der Waals surface area contributed by atoms with Gasteiger partial charge >= 0.3 is 5.69 Å². The molecule has 0 bridgehead atoms. The molecule has 2 aromatic carbocycles. The van der Waals surface area contributed by atoms with Crippen molar-refractivity contribution in [1.29, 1.82) is 0 Å². The van der Waals surface area contributed by atoms with Gasteiger partial charge < -0.3 is 0 Å². The Kier molecular flexibility index (Phi) is 4.88. The van der Waals surface area contributed by atoms with Gasteiger partial charge in [0.15, 0.2) is 0 Å². The number of halogens is 1. The lowest BCUT2D eigenvalue weighted by molar-refractivity contribution is 0.645. The van der Waals surface area contributed by atoms with E-state index in [-0.39, 0.29) is 11.2 Å². The maximum atomic E-state index is 13.2. The molecule has 0 spiro atoms. The summed E-state index contributed by atoms with van der Waals surface area (Å²) in [5.74, 6) is 0.379. The van der Waals surface area contributed by atoms with Crippen LogP contribution in [0.5, 0.6) is 0 Å². The van der Waals surface area contributed by atoms with Crippen molar-refractivity contribution in [1.82, 2.24) is 18.7 Å². The van der Waals surface area contributed by atoms with Crippen LogP contribution >= 0.6 is 27.3 Å². The molecule has 5 rings (SSSR count). The topological polar surface area (TPSA) is 61.3 Å². The van der Waals surface area contributed by atoms with Crippen LogP contribution in [0, 0.1) is 0 Å². The molecule has 5 aromatic rings. The van der Waals surface area contributed by atoms with E-state index in [4.69, 9.17) is 0 Å². The monoisotopic (exact) mass is 480 g/mol. The van der Waals surface area contributed by atoms with Gasteiger partial charge in [-0.15, -0.1) is 16.4 Å². The first-order chi connectivity index (χ1) is 14.6.